The molecule has 0 atom stereocenters. The van der Waals surface area contributed by atoms with E-state index < -0.39 is 6.16 Å². The fourth-order valence-electron chi connectivity index (χ4n) is 1.02. The van der Waals surface area contributed by atoms with Crippen molar-refractivity contribution in [1.82, 2.24) is 4.98 Å². The van der Waals surface area contributed by atoms with Crippen LogP contribution in [-0.4, -0.2) is 18.2 Å². The number of allylic oxidation sites excluding steroid dienone is 2. The summed E-state index contributed by atoms with van der Waals surface area (Å²) in [5.41, 5.74) is 0. The Morgan fingerprint density at radius 2 is 2.25 bits per heavy atom. The second-order valence-corrected chi connectivity index (χ2v) is 2.79. The molecule has 0 saturated carbocycles. The highest BCUT2D eigenvalue weighted by Crippen LogP contribution is 1.88. The Morgan fingerprint density at radius 3 is 2.69 bits per heavy atom. The number of nitrogens with zero attached hydrogens (tertiary/aromatic N) is 1. The molecule has 1 N–H and O–H groups in total. The molecule has 0 fully saturated rings. The second-order valence-electron chi connectivity index (χ2n) is 2.79. The number of H-pyrrole nitrogens is 1. The van der Waals surface area contributed by atoms with Gasteiger partial charge in [-0.3, -0.25) is 0 Å². The van der Waals surface area contributed by atoms with Crippen LogP contribution >= 0.6 is 0 Å². The quantitative estimate of drug-likeness (QED) is 0.451. The molecule has 0 bridgehead atoms. The third kappa shape index (κ3) is 5.64. The SMILES string of the molecule is C=CCc1[nH]cc[n+]1CC=C.COC(=O)[O-]. The third-order valence-corrected chi connectivity index (χ3v) is 1.68. The lowest BCUT2D eigenvalue weighted by atomic mass is 10.4. The minimum absolute atomic E-state index is 0.854. The van der Waals surface area contributed by atoms with Crippen LogP contribution in [0.2, 0.25) is 0 Å². The highest BCUT2D eigenvalue weighted by molar-refractivity contribution is 5.53. The van der Waals surface area contributed by atoms with Crippen molar-refractivity contribution in [3.63, 3.8) is 0 Å². The molecular weight excluding hydrogens is 208 g/mol. The average Bonchev–Trinajstić information content (AvgIpc) is 2.68. The molecule has 5 nitrogen and oxygen atoms in total. The van der Waals surface area contributed by atoms with Gasteiger partial charge >= 0.3 is 0 Å². The van der Waals surface area contributed by atoms with Crippen LogP contribution in [0.15, 0.2) is 37.7 Å². The normalized spacial score (nSPS) is 8.56. The summed E-state index contributed by atoms with van der Waals surface area (Å²) < 4.78 is 5.66. The Bertz CT molecular complexity index is 320. The molecular formula is C11H16N2O3. The molecule has 0 amide bonds. The van der Waals surface area contributed by atoms with E-state index in [2.05, 4.69) is 27.4 Å². The Kier molecular flexibility index (Phi) is 7.23. The van der Waals surface area contributed by atoms with E-state index >= 15 is 0 Å². The molecule has 0 saturated heterocycles. The molecule has 1 rings (SSSR count). The minimum atomic E-state index is -1.50. The highest BCUT2D eigenvalue weighted by atomic mass is 16.6. The number of aromatic amines is 1. The molecule has 0 aliphatic carbocycles. The van der Waals surface area contributed by atoms with Gasteiger partial charge in [-0.2, -0.15) is 0 Å². The lowest BCUT2D eigenvalue weighted by molar-refractivity contribution is -0.692. The third-order valence-electron chi connectivity index (χ3n) is 1.68. The van der Waals surface area contributed by atoms with Crippen molar-refractivity contribution in [2.75, 3.05) is 7.11 Å². The Morgan fingerprint density at radius 1 is 1.62 bits per heavy atom. The Hall–Kier alpha value is -2.04. The van der Waals surface area contributed by atoms with Gasteiger partial charge in [0.15, 0.2) is 0 Å². The standard InChI is InChI=1S/C9H12N2.C2H4O3/c1-3-5-9-10-6-8-11(9)7-4-2;1-5-2(3)4/h3-4,6,8H,1-2,5,7H2;1H3,(H,3,4). The number of ether oxygens (including phenoxy) is 1. The molecule has 5 heteroatoms. The average molecular weight is 224 g/mol. The van der Waals surface area contributed by atoms with Crippen LogP contribution in [0.3, 0.4) is 0 Å². The number of hydrogen-bond donors (Lipinski definition) is 1. The van der Waals surface area contributed by atoms with E-state index in [4.69, 9.17) is 9.90 Å². The Labute approximate surface area is 94.7 Å². The van der Waals surface area contributed by atoms with Crippen molar-refractivity contribution in [2.24, 2.45) is 0 Å². The first kappa shape index (κ1) is 14.0. The van der Waals surface area contributed by atoms with Crippen LogP contribution in [0.25, 0.3) is 0 Å². The van der Waals surface area contributed by atoms with Crippen LogP contribution in [0, 0.1) is 0 Å². The van der Waals surface area contributed by atoms with Crippen molar-refractivity contribution >= 4 is 6.16 Å². The number of hydrogen-bond acceptors (Lipinski definition) is 3. The van der Waals surface area contributed by atoms with Gasteiger partial charge in [-0.05, 0) is 0 Å². The molecule has 16 heavy (non-hydrogen) atoms. The van der Waals surface area contributed by atoms with Gasteiger partial charge in [-0.1, -0.05) is 18.7 Å². The number of carbonyl (C=O) groups excluding carboxylic acids is 1. The van der Waals surface area contributed by atoms with E-state index in [0.29, 0.717) is 0 Å². The monoisotopic (exact) mass is 224 g/mol. The smallest absolute Gasteiger partial charge is 0.258 e. The molecule has 0 radical (unpaired) electrons. The van der Waals surface area contributed by atoms with E-state index in [1.54, 1.807) is 0 Å². The summed E-state index contributed by atoms with van der Waals surface area (Å²) in [5, 5.41) is 9.03. The van der Waals surface area contributed by atoms with Crippen LogP contribution in [0.4, 0.5) is 4.79 Å². The number of carbonyl (C=O) groups is 1. The van der Waals surface area contributed by atoms with Gasteiger partial charge in [0.1, 0.15) is 18.9 Å². The maximum absolute atomic E-state index is 9.03. The molecule has 0 unspecified atom stereocenters. The van der Waals surface area contributed by atoms with Crippen molar-refractivity contribution in [2.45, 2.75) is 13.0 Å². The predicted octanol–water partition coefficient (Wildman–Crippen LogP) is 0.193. The molecule has 0 aliphatic heterocycles. The lowest BCUT2D eigenvalue weighted by Gasteiger charge is -1.92. The van der Waals surface area contributed by atoms with E-state index in [0.717, 1.165) is 20.1 Å². The topological polar surface area (TPSA) is 69.0 Å². The van der Waals surface area contributed by atoms with Crippen molar-refractivity contribution in [3.8, 4) is 0 Å². The van der Waals surface area contributed by atoms with E-state index in [1.807, 2.05) is 24.5 Å². The van der Waals surface area contributed by atoms with Gasteiger partial charge in [0.2, 0.25) is 0 Å². The number of imidazole rings is 1. The highest BCUT2D eigenvalue weighted by Gasteiger charge is 2.04. The van der Waals surface area contributed by atoms with Crippen LogP contribution in [0.5, 0.6) is 0 Å². The maximum atomic E-state index is 9.03. The maximum Gasteiger partial charge on any atom is 0.258 e. The zero-order valence-corrected chi connectivity index (χ0v) is 9.31. The van der Waals surface area contributed by atoms with Crippen molar-refractivity contribution in [1.29, 1.82) is 0 Å². The zero-order valence-electron chi connectivity index (χ0n) is 9.31. The minimum Gasteiger partial charge on any atom is -0.553 e. The van der Waals surface area contributed by atoms with E-state index in [1.165, 1.54) is 5.82 Å². The van der Waals surface area contributed by atoms with E-state index in [-0.39, 0.29) is 0 Å². The van der Waals surface area contributed by atoms with Gasteiger partial charge < -0.3 is 14.6 Å². The summed E-state index contributed by atoms with van der Waals surface area (Å²) in [6.45, 7) is 8.21. The summed E-state index contributed by atoms with van der Waals surface area (Å²) in [4.78, 5) is 12.2. The Balaban J connectivity index is 0.000000385. The summed E-state index contributed by atoms with van der Waals surface area (Å²) >= 11 is 0. The van der Waals surface area contributed by atoms with Crippen LogP contribution in [-0.2, 0) is 17.7 Å². The first-order chi connectivity index (χ1) is 7.65. The van der Waals surface area contributed by atoms with Crippen molar-refractivity contribution in [3.05, 3.63) is 43.5 Å². The molecule has 1 heterocycles. The number of carboxylic acid groups (broad SMARTS) is 1. The zero-order chi connectivity index (χ0) is 12.4. The summed E-state index contributed by atoms with van der Waals surface area (Å²) in [7, 11) is 1.04. The molecule has 0 aliphatic rings. The lowest BCUT2D eigenvalue weighted by Crippen LogP contribution is -2.34. The van der Waals surface area contributed by atoms with Gasteiger partial charge in [0.25, 0.3) is 12.0 Å². The fourth-order valence-corrected chi connectivity index (χ4v) is 1.02. The largest absolute Gasteiger partial charge is 0.553 e. The number of nitrogens with one attached hydrogen (secondary N) is 1. The molecule has 88 valence electrons. The molecule has 1 aromatic rings. The first-order valence-corrected chi connectivity index (χ1v) is 4.68. The summed E-state index contributed by atoms with van der Waals surface area (Å²) in [6, 6.07) is 0. The van der Waals surface area contributed by atoms with Crippen LogP contribution < -0.4 is 9.67 Å². The van der Waals surface area contributed by atoms with Crippen LogP contribution in [0.1, 0.15) is 5.82 Å². The van der Waals surface area contributed by atoms with E-state index in [9.17, 15) is 0 Å². The van der Waals surface area contributed by atoms with Gasteiger partial charge in [0.05, 0.1) is 6.42 Å². The summed E-state index contributed by atoms with van der Waals surface area (Å²) in [6.07, 6.45) is 7.06. The number of methoxy groups -OCH3 is 1. The molecule has 0 aromatic carbocycles. The number of rotatable bonds is 4. The fraction of sp³-hybridized carbons (Fsp3) is 0.273. The molecule has 0 spiro atoms. The molecule has 1 aromatic heterocycles. The van der Waals surface area contributed by atoms with Gasteiger partial charge in [0, 0.05) is 7.11 Å². The van der Waals surface area contributed by atoms with Gasteiger partial charge in [-0.25, -0.2) is 9.55 Å². The van der Waals surface area contributed by atoms with Crippen molar-refractivity contribution < 1.29 is 19.2 Å². The summed E-state index contributed by atoms with van der Waals surface area (Å²) in [5.74, 6) is 1.17. The first-order valence-electron chi connectivity index (χ1n) is 4.68. The second kappa shape index (κ2) is 8.28. The predicted molar refractivity (Wildman–Crippen MR) is 57.5 cm³/mol. The van der Waals surface area contributed by atoms with Gasteiger partial charge in [-0.15, -0.1) is 6.58 Å². The number of aromatic nitrogens is 2.